The summed E-state index contributed by atoms with van der Waals surface area (Å²) in [6.45, 7) is 11.3. The van der Waals surface area contributed by atoms with Crippen molar-refractivity contribution in [1.29, 1.82) is 0 Å². The summed E-state index contributed by atoms with van der Waals surface area (Å²) in [6.07, 6.45) is 0. The largest absolute Gasteiger partial charge is 0.457 e. The summed E-state index contributed by atoms with van der Waals surface area (Å²) in [5.74, 6) is 1.40. The van der Waals surface area contributed by atoms with Gasteiger partial charge in [-0.2, -0.15) is 0 Å². The number of hydrogen-bond acceptors (Lipinski definition) is 2. The zero-order valence-electron chi connectivity index (χ0n) is 14.3. The number of rotatable bonds is 3. The number of hydrogen-bond donors (Lipinski definition) is 1. The number of ether oxygens (including phenoxy) is 1. The molecule has 0 amide bonds. The quantitative estimate of drug-likeness (QED) is 0.773. The number of aryl methyl sites for hydroxylation is 1. The Kier molecular flexibility index (Phi) is 9.48. The molecule has 0 saturated heterocycles. The first kappa shape index (κ1) is 20.4. The first-order chi connectivity index (χ1) is 10.4. The summed E-state index contributed by atoms with van der Waals surface area (Å²) < 4.78 is 17.1. The van der Waals surface area contributed by atoms with Crippen LogP contribution in [0.3, 0.4) is 0 Å². The van der Waals surface area contributed by atoms with E-state index in [1.807, 2.05) is 58.9 Å². The van der Waals surface area contributed by atoms with Crippen LogP contribution in [0.1, 0.15) is 33.3 Å². The summed E-state index contributed by atoms with van der Waals surface area (Å²) in [4.78, 5) is 9.41. The van der Waals surface area contributed by atoms with Gasteiger partial charge in [0.1, 0.15) is 11.5 Å². The maximum absolute atomic E-state index is 11.4. The Labute approximate surface area is 134 Å². The Bertz CT molecular complexity index is 568. The fraction of sp³-hybridized carbons (Fsp3) is 0.333. The highest BCUT2D eigenvalue weighted by atomic mass is 31.2. The van der Waals surface area contributed by atoms with Crippen molar-refractivity contribution in [3.8, 4) is 11.5 Å². The van der Waals surface area contributed by atoms with Crippen LogP contribution in [0.5, 0.6) is 11.5 Å². The van der Waals surface area contributed by atoms with Gasteiger partial charge in [0.2, 0.25) is 7.37 Å². The lowest BCUT2D eigenvalue weighted by molar-refractivity contribution is 0.482. The van der Waals surface area contributed by atoms with Gasteiger partial charge in [0.05, 0.1) is 0 Å². The third-order valence-corrected chi connectivity index (χ3v) is 3.83. The predicted molar refractivity (Wildman–Crippen MR) is 95.8 cm³/mol. The average molecular weight is 322 g/mol. The summed E-state index contributed by atoms with van der Waals surface area (Å²) in [5.41, 5.74) is 1.17. The van der Waals surface area contributed by atoms with Crippen molar-refractivity contribution in [3.63, 3.8) is 0 Å². The molecule has 0 aromatic heterocycles. The number of benzene rings is 2. The van der Waals surface area contributed by atoms with E-state index in [1.165, 1.54) is 12.2 Å². The lowest BCUT2D eigenvalue weighted by Gasteiger charge is -2.08. The van der Waals surface area contributed by atoms with Crippen molar-refractivity contribution in [2.75, 3.05) is 6.66 Å². The Morgan fingerprint density at radius 3 is 1.55 bits per heavy atom. The van der Waals surface area contributed by atoms with Crippen LogP contribution >= 0.6 is 7.37 Å². The van der Waals surface area contributed by atoms with E-state index in [4.69, 9.17) is 4.74 Å². The molecular formula is C18H27O3P. The molecule has 0 saturated carbocycles. The highest BCUT2D eigenvalue weighted by Gasteiger charge is 2.12. The van der Waals surface area contributed by atoms with E-state index in [1.54, 1.807) is 24.3 Å². The Morgan fingerprint density at radius 1 is 0.818 bits per heavy atom. The molecule has 0 spiro atoms. The molecule has 1 N–H and O–H groups in total. The van der Waals surface area contributed by atoms with E-state index in [0.717, 1.165) is 5.75 Å². The van der Waals surface area contributed by atoms with Crippen LogP contribution in [-0.2, 0) is 4.57 Å². The molecule has 122 valence electrons. The van der Waals surface area contributed by atoms with E-state index < -0.39 is 7.37 Å². The summed E-state index contributed by atoms with van der Waals surface area (Å²) in [7, 11) is -3.18. The van der Waals surface area contributed by atoms with E-state index in [0.29, 0.717) is 11.1 Å². The molecule has 3 nitrogen and oxygen atoms in total. The third kappa shape index (κ3) is 6.93. The van der Waals surface area contributed by atoms with Crippen molar-refractivity contribution in [1.82, 2.24) is 0 Å². The molecule has 2 rings (SSSR count). The monoisotopic (exact) mass is 322 g/mol. The van der Waals surface area contributed by atoms with Crippen molar-refractivity contribution in [2.45, 2.75) is 34.6 Å². The first-order valence-corrected chi connectivity index (χ1v) is 9.71. The zero-order chi connectivity index (χ0) is 17.2. The molecule has 4 heteroatoms. The Hall–Kier alpha value is -1.57. The van der Waals surface area contributed by atoms with E-state index in [9.17, 15) is 9.46 Å². The van der Waals surface area contributed by atoms with Crippen LogP contribution in [0.15, 0.2) is 48.5 Å². The lowest BCUT2D eigenvalue weighted by atomic mass is 10.2. The smallest absolute Gasteiger partial charge is 0.226 e. The minimum Gasteiger partial charge on any atom is -0.457 e. The van der Waals surface area contributed by atoms with Crippen LogP contribution in [0.2, 0.25) is 0 Å². The van der Waals surface area contributed by atoms with Crippen LogP contribution in [-0.4, -0.2) is 11.6 Å². The van der Waals surface area contributed by atoms with Crippen LogP contribution < -0.4 is 10.0 Å². The SMILES string of the molecule is CC.CC.Cc1ccc(Oc2ccc(P(C)(=O)O)cc2)cc1. The van der Waals surface area contributed by atoms with E-state index in [-0.39, 0.29) is 0 Å². The molecule has 2 aromatic carbocycles. The lowest BCUT2D eigenvalue weighted by Crippen LogP contribution is -2.01. The maximum atomic E-state index is 11.4. The van der Waals surface area contributed by atoms with Crippen molar-refractivity contribution in [3.05, 3.63) is 54.1 Å². The van der Waals surface area contributed by atoms with Gasteiger partial charge in [-0.15, -0.1) is 0 Å². The fourth-order valence-electron chi connectivity index (χ4n) is 1.53. The van der Waals surface area contributed by atoms with Crippen molar-refractivity contribution >= 4 is 12.7 Å². The third-order valence-electron chi connectivity index (χ3n) is 2.57. The summed E-state index contributed by atoms with van der Waals surface area (Å²) in [6, 6.07) is 14.3. The zero-order valence-corrected chi connectivity index (χ0v) is 15.2. The molecule has 1 unspecified atom stereocenters. The van der Waals surface area contributed by atoms with Gasteiger partial charge in [-0.3, -0.25) is 4.57 Å². The molecular weight excluding hydrogens is 295 g/mol. The summed E-state index contributed by atoms with van der Waals surface area (Å²) >= 11 is 0. The fourth-order valence-corrected chi connectivity index (χ4v) is 2.24. The normalized spacial score (nSPS) is 12.0. The molecule has 0 aliphatic heterocycles. The highest BCUT2D eigenvalue weighted by Crippen LogP contribution is 2.34. The van der Waals surface area contributed by atoms with Crippen molar-refractivity contribution in [2.24, 2.45) is 0 Å². The van der Waals surface area contributed by atoms with Gasteiger partial charge < -0.3 is 9.63 Å². The highest BCUT2D eigenvalue weighted by molar-refractivity contribution is 7.65. The minimum atomic E-state index is -3.18. The Morgan fingerprint density at radius 2 is 1.18 bits per heavy atom. The molecule has 22 heavy (non-hydrogen) atoms. The van der Waals surface area contributed by atoms with Gasteiger partial charge in [0, 0.05) is 12.0 Å². The van der Waals surface area contributed by atoms with Crippen LogP contribution in [0, 0.1) is 6.92 Å². The van der Waals surface area contributed by atoms with Crippen LogP contribution in [0.4, 0.5) is 0 Å². The van der Waals surface area contributed by atoms with Gasteiger partial charge in [0.15, 0.2) is 0 Å². The molecule has 1 atom stereocenters. The molecule has 0 aliphatic carbocycles. The Balaban J connectivity index is 0.00000102. The maximum Gasteiger partial charge on any atom is 0.226 e. The topological polar surface area (TPSA) is 46.5 Å². The second-order valence-electron chi connectivity index (χ2n) is 4.29. The average Bonchev–Trinajstić information content (AvgIpc) is 2.53. The van der Waals surface area contributed by atoms with Crippen LogP contribution in [0.25, 0.3) is 0 Å². The van der Waals surface area contributed by atoms with Gasteiger partial charge >= 0.3 is 0 Å². The van der Waals surface area contributed by atoms with Gasteiger partial charge in [-0.25, -0.2) is 0 Å². The standard InChI is InChI=1S/C14H15O3P.2C2H6/c1-11-3-5-12(6-4-11)17-13-7-9-14(10-8-13)18(2,15)16;2*1-2/h3-10H,1-2H3,(H,15,16);2*1-2H3. The van der Waals surface area contributed by atoms with Crippen molar-refractivity contribution < 1.29 is 14.2 Å². The minimum absolute atomic E-state index is 0.429. The van der Waals surface area contributed by atoms with E-state index in [2.05, 4.69) is 0 Å². The van der Waals surface area contributed by atoms with Gasteiger partial charge in [-0.1, -0.05) is 45.4 Å². The summed E-state index contributed by atoms with van der Waals surface area (Å²) in [5, 5.41) is 0.429. The molecule has 0 fully saturated rings. The molecule has 0 aliphatic rings. The molecule has 0 bridgehead atoms. The second kappa shape index (κ2) is 10.2. The molecule has 2 aromatic rings. The molecule has 0 radical (unpaired) electrons. The second-order valence-corrected chi connectivity index (χ2v) is 6.56. The van der Waals surface area contributed by atoms with Gasteiger partial charge in [-0.05, 0) is 43.3 Å². The van der Waals surface area contributed by atoms with E-state index >= 15 is 0 Å². The predicted octanol–water partition coefficient (Wildman–Crippen LogP) is 5.37. The first-order valence-electron chi connectivity index (χ1n) is 7.60. The molecule has 0 heterocycles. The van der Waals surface area contributed by atoms with Gasteiger partial charge in [0.25, 0.3) is 0 Å².